The van der Waals surface area contributed by atoms with Crippen molar-refractivity contribution in [2.24, 2.45) is 11.7 Å². The molecule has 0 spiro atoms. The quantitative estimate of drug-likeness (QED) is 0.707. The third kappa shape index (κ3) is 3.32. The molecule has 3 amide bonds. The summed E-state index contributed by atoms with van der Waals surface area (Å²) in [7, 11) is 0. The highest BCUT2D eigenvalue weighted by Crippen LogP contribution is 2.45. The average Bonchev–Trinajstić information content (AvgIpc) is 3.02. The molecular weight excluding hydrogens is 306 g/mol. The fourth-order valence-corrected chi connectivity index (χ4v) is 3.95. The maximum atomic E-state index is 12.7. The van der Waals surface area contributed by atoms with Gasteiger partial charge in [0.05, 0.1) is 0 Å². The zero-order chi connectivity index (χ0) is 17.2. The highest BCUT2D eigenvalue weighted by Gasteiger charge is 2.59. The minimum Gasteiger partial charge on any atom is -0.368 e. The highest BCUT2D eigenvalue weighted by molar-refractivity contribution is 5.96. The van der Waals surface area contributed by atoms with Crippen LogP contribution in [0.15, 0.2) is 12.2 Å². The Morgan fingerprint density at radius 3 is 2.79 bits per heavy atom. The fraction of sp³-hybridized carbons (Fsp3) is 0.722. The monoisotopic (exact) mass is 333 g/mol. The summed E-state index contributed by atoms with van der Waals surface area (Å²) in [5.74, 6) is -0.674. The molecule has 132 valence electrons. The number of primary amides is 1. The largest absolute Gasteiger partial charge is 0.368 e. The lowest BCUT2D eigenvalue weighted by Gasteiger charge is -2.26. The van der Waals surface area contributed by atoms with E-state index in [1.165, 1.54) is 0 Å². The predicted molar refractivity (Wildman–Crippen MR) is 89.8 cm³/mol. The van der Waals surface area contributed by atoms with Gasteiger partial charge in [-0.05, 0) is 38.5 Å². The lowest BCUT2D eigenvalue weighted by atomic mass is 10.1. The van der Waals surface area contributed by atoms with Crippen molar-refractivity contribution in [3.63, 3.8) is 0 Å². The van der Waals surface area contributed by atoms with Crippen LogP contribution in [-0.4, -0.2) is 40.7 Å². The van der Waals surface area contributed by atoms with Crippen LogP contribution in [0.4, 0.5) is 0 Å². The molecule has 1 saturated carbocycles. The zero-order valence-corrected chi connectivity index (χ0v) is 14.1. The Bertz CT molecular complexity index is 560. The molecule has 2 aliphatic heterocycles. The van der Waals surface area contributed by atoms with Crippen molar-refractivity contribution in [2.75, 3.05) is 6.54 Å². The molecule has 3 unspecified atom stereocenters. The first kappa shape index (κ1) is 17.0. The van der Waals surface area contributed by atoms with Gasteiger partial charge in [-0.1, -0.05) is 25.0 Å². The van der Waals surface area contributed by atoms with Gasteiger partial charge in [0.25, 0.3) is 0 Å². The van der Waals surface area contributed by atoms with E-state index in [9.17, 15) is 14.4 Å². The maximum absolute atomic E-state index is 12.7. The van der Waals surface area contributed by atoms with E-state index in [0.29, 0.717) is 25.8 Å². The number of nitrogens with zero attached hydrogens (tertiary/aromatic N) is 1. The molecule has 2 heterocycles. The predicted octanol–water partition coefficient (Wildman–Crippen LogP) is 1.25. The Hall–Kier alpha value is -1.85. The van der Waals surface area contributed by atoms with Crippen LogP contribution in [0.2, 0.25) is 0 Å². The second-order valence-corrected chi connectivity index (χ2v) is 7.26. The van der Waals surface area contributed by atoms with Crippen LogP contribution < -0.4 is 11.1 Å². The minimum atomic E-state index is -0.953. The third-order valence-electron chi connectivity index (χ3n) is 5.56. The number of nitrogens with one attached hydrogen (secondary N) is 1. The van der Waals surface area contributed by atoms with Crippen molar-refractivity contribution in [3.8, 4) is 0 Å². The third-order valence-corrected chi connectivity index (χ3v) is 5.56. The first-order chi connectivity index (χ1) is 11.5. The topological polar surface area (TPSA) is 92.5 Å². The summed E-state index contributed by atoms with van der Waals surface area (Å²) in [6.07, 6.45) is 11.7. The molecule has 0 aromatic rings. The molecule has 6 heteroatoms. The molecule has 0 radical (unpaired) electrons. The van der Waals surface area contributed by atoms with Gasteiger partial charge in [-0.25, -0.2) is 0 Å². The second-order valence-electron chi connectivity index (χ2n) is 7.26. The van der Waals surface area contributed by atoms with Crippen molar-refractivity contribution < 1.29 is 14.4 Å². The van der Waals surface area contributed by atoms with Crippen LogP contribution in [0.25, 0.3) is 0 Å². The minimum absolute atomic E-state index is 0.0189. The first-order valence-corrected chi connectivity index (χ1v) is 9.12. The first-order valence-electron chi connectivity index (χ1n) is 9.12. The van der Waals surface area contributed by atoms with Crippen molar-refractivity contribution >= 4 is 17.7 Å². The van der Waals surface area contributed by atoms with Gasteiger partial charge in [0.15, 0.2) is 0 Å². The van der Waals surface area contributed by atoms with Gasteiger partial charge in [0, 0.05) is 18.9 Å². The Balaban J connectivity index is 1.77. The molecular formula is C18H27N3O3. The Morgan fingerprint density at radius 2 is 2.00 bits per heavy atom. The van der Waals surface area contributed by atoms with Crippen LogP contribution in [-0.2, 0) is 14.4 Å². The van der Waals surface area contributed by atoms with Crippen molar-refractivity contribution in [1.29, 1.82) is 0 Å². The maximum Gasteiger partial charge on any atom is 0.243 e. The summed E-state index contributed by atoms with van der Waals surface area (Å²) in [6, 6.07) is -0.455. The van der Waals surface area contributed by atoms with E-state index in [0.717, 1.165) is 38.5 Å². The molecule has 1 aliphatic carbocycles. The van der Waals surface area contributed by atoms with Gasteiger partial charge < -0.3 is 16.0 Å². The summed E-state index contributed by atoms with van der Waals surface area (Å²) in [4.78, 5) is 38.7. The van der Waals surface area contributed by atoms with Crippen molar-refractivity contribution in [2.45, 2.75) is 69.4 Å². The summed E-state index contributed by atoms with van der Waals surface area (Å²) in [5.41, 5.74) is 4.61. The molecule has 6 nitrogen and oxygen atoms in total. The number of fused-ring (bicyclic) bond motifs is 2. The molecule has 3 rings (SSSR count). The number of nitrogens with two attached hydrogens (primary N) is 1. The SMILES string of the molecule is NC(=O)C12CC1/C=C\CCCCCCC(=O)N1CCCC1C(=O)N2. The summed E-state index contributed by atoms with van der Waals surface area (Å²) in [6.45, 7) is 0.629. The number of hydrogen-bond acceptors (Lipinski definition) is 3. The van der Waals surface area contributed by atoms with Crippen LogP contribution in [0, 0.1) is 5.92 Å². The molecule has 3 atom stereocenters. The summed E-state index contributed by atoms with van der Waals surface area (Å²) < 4.78 is 0. The van der Waals surface area contributed by atoms with Crippen molar-refractivity contribution in [1.82, 2.24) is 10.2 Å². The number of rotatable bonds is 1. The molecule has 3 N–H and O–H groups in total. The molecule has 0 aromatic heterocycles. The van der Waals surface area contributed by atoms with E-state index in [4.69, 9.17) is 5.73 Å². The smallest absolute Gasteiger partial charge is 0.243 e. The van der Waals surface area contributed by atoms with E-state index in [2.05, 4.69) is 11.4 Å². The number of allylic oxidation sites excluding steroid dienone is 1. The van der Waals surface area contributed by atoms with Crippen LogP contribution in [0.5, 0.6) is 0 Å². The van der Waals surface area contributed by atoms with Gasteiger partial charge in [-0.2, -0.15) is 0 Å². The van der Waals surface area contributed by atoms with Gasteiger partial charge >= 0.3 is 0 Å². The molecule has 2 fully saturated rings. The summed E-state index contributed by atoms with van der Waals surface area (Å²) in [5, 5.41) is 2.87. The summed E-state index contributed by atoms with van der Waals surface area (Å²) >= 11 is 0. The van der Waals surface area contributed by atoms with E-state index in [1.54, 1.807) is 4.90 Å². The van der Waals surface area contributed by atoms with Gasteiger partial charge in [0.1, 0.15) is 11.6 Å². The van der Waals surface area contributed by atoms with Gasteiger partial charge in [-0.3, -0.25) is 14.4 Å². The Kier molecular flexibility index (Phi) is 4.92. The normalized spacial score (nSPS) is 35.9. The highest BCUT2D eigenvalue weighted by atomic mass is 16.2. The van der Waals surface area contributed by atoms with Gasteiger partial charge in [0.2, 0.25) is 17.7 Å². The Labute approximate surface area is 142 Å². The second kappa shape index (κ2) is 6.95. The standard InChI is InChI=1S/C18H27N3O3/c19-17(24)18-12-13(18)8-5-3-1-2-4-6-10-15(22)21-11-7-9-14(21)16(23)20-18/h5,8,13-14H,1-4,6-7,9-12H2,(H2,19,24)(H,20,23)/b8-5-. The van der Waals surface area contributed by atoms with E-state index < -0.39 is 17.5 Å². The lowest BCUT2D eigenvalue weighted by molar-refractivity contribution is -0.139. The van der Waals surface area contributed by atoms with E-state index in [1.807, 2.05) is 6.08 Å². The van der Waals surface area contributed by atoms with Gasteiger partial charge in [-0.15, -0.1) is 0 Å². The molecule has 1 saturated heterocycles. The van der Waals surface area contributed by atoms with E-state index in [-0.39, 0.29) is 17.7 Å². The number of amides is 3. The van der Waals surface area contributed by atoms with Crippen LogP contribution in [0.1, 0.15) is 57.8 Å². The van der Waals surface area contributed by atoms with Crippen LogP contribution in [0.3, 0.4) is 0 Å². The number of carbonyl (C=O) groups excluding carboxylic acids is 3. The molecule has 0 bridgehead atoms. The number of carbonyl (C=O) groups is 3. The zero-order valence-electron chi connectivity index (χ0n) is 14.1. The van der Waals surface area contributed by atoms with Crippen molar-refractivity contribution in [3.05, 3.63) is 12.2 Å². The molecule has 24 heavy (non-hydrogen) atoms. The molecule has 3 aliphatic rings. The Morgan fingerprint density at radius 1 is 1.21 bits per heavy atom. The lowest BCUT2D eigenvalue weighted by Crippen LogP contribution is -2.54. The van der Waals surface area contributed by atoms with E-state index >= 15 is 0 Å². The molecule has 0 aromatic carbocycles. The van der Waals surface area contributed by atoms with Crippen LogP contribution >= 0.6 is 0 Å². The number of hydrogen-bond donors (Lipinski definition) is 2. The average molecular weight is 333 g/mol. The fourth-order valence-electron chi connectivity index (χ4n) is 3.95.